The molecule has 1 aliphatic carbocycles. The Morgan fingerprint density at radius 3 is 2.26 bits per heavy atom. The van der Waals surface area contributed by atoms with E-state index in [1.54, 1.807) is 6.07 Å². The second-order valence-corrected chi connectivity index (χ2v) is 7.40. The molecule has 1 aliphatic rings. The maximum absolute atomic E-state index is 12.8. The number of rotatable bonds is 7. The maximum atomic E-state index is 12.8. The van der Waals surface area contributed by atoms with Gasteiger partial charge < -0.3 is 11.1 Å². The topological polar surface area (TPSA) is 85.1 Å². The number of nitrogens with two attached hydrogens (primary N) is 1. The van der Waals surface area contributed by atoms with E-state index in [1.165, 1.54) is 11.6 Å². The molecule has 2 amide bonds. The summed E-state index contributed by atoms with van der Waals surface area (Å²) >= 11 is 0. The van der Waals surface area contributed by atoms with E-state index < -0.39 is 5.91 Å². The first-order valence-corrected chi connectivity index (χ1v) is 9.60. The lowest BCUT2D eigenvalue weighted by molar-refractivity contribution is 0.0947. The minimum atomic E-state index is -0.626. The van der Waals surface area contributed by atoms with Gasteiger partial charge in [-0.3, -0.25) is 9.59 Å². The quantitative estimate of drug-likeness (QED) is 0.790. The fourth-order valence-electron chi connectivity index (χ4n) is 3.86. The summed E-state index contributed by atoms with van der Waals surface area (Å²) in [6, 6.07) is 11.6. The Morgan fingerprint density at radius 2 is 1.70 bits per heavy atom. The molecule has 0 aliphatic heterocycles. The third kappa shape index (κ3) is 4.35. The van der Waals surface area contributed by atoms with E-state index in [-0.39, 0.29) is 17.6 Å². The molecule has 3 N–H and O–H groups in total. The average Bonchev–Trinajstić information content (AvgIpc) is 3.34. The van der Waals surface area contributed by atoms with Crippen LogP contribution in [0.4, 0.5) is 0 Å². The highest BCUT2D eigenvalue weighted by molar-refractivity contribution is 5.98. The number of hydrogen-bond acceptors (Lipinski definition) is 3. The molecule has 142 valence electrons. The number of nitrogens with zero attached hydrogens (tertiary/aromatic N) is 1. The Hall–Kier alpha value is -2.69. The van der Waals surface area contributed by atoms with Crippen molar-refractivity contribution in [2.24, 2.45) is 17.6 Å². The molecule has 27 heavy (non-hydrogen) atoms. The lowest BCUT2D eigenvalue weighted by atomic mass is 10.0. The number of amides is 2. The van der Waals surface area contributed by atoms with Gasteiger partial charge in [0, 0.05) is 23.7 Å². The second-order valence-electron chi connectivity index (χ2n) is 7.40. The van der Waals surface area contributed by atoms with Gasteiger partial charge >= 0.3 is 0 Å². The zero-order chi connectivity index (χ0) is 19.6. The molecule has 1 aromatic carbocycles. The largest absolute Gasteiger partial charge is 0.364 e. The van der Waals surface area contributed by atoms with Crippen molar-refractivity contribution in [2.75, 3.05) is 0 Å². The molecule has 0 spiro atoms. The molecular weight excluding hydrogens is 338 g/mol. The summed E-state index contributed by atoms with van der Waals surface area (Å²) in [6.45, 7) is 6.33. The van der Waals surface area contributed by atoms with Crippen LogP contribution in [-0.2, 0) is 6.42 Å². The van der Waals surface area contributed by atoms with Gasteiger partial charge in [-0.05, 0) is 36.5 Å². The lowest BCUT2D eigenvalue weighted by Crippen LogP contribution is -2.28. The van der Waals surface area contributed by atoms with Gasteiger partial charge in [0.15, 0.2) is 0 Å². The first kappa shape index (κ1) is 19.1. The molecule has 0 radical (unpaired) electrons. The first-order chi connectivity index (χ1) is 12.9. The standard InChI is InChI=1S/C22H27N3O2/c1-4-17-18(5-2)20(17)25-22(27)15-11-16(24-19(12-15)21(23)26)10-14-8-6-13(3)7-9-14/h6-9,11-12,17-18,20H,4-5,10H2,1-3H3,(H2,23,26)(H,25,27). The van der Waals surface area contributed by atoms with Crippen molar-refractivity contribution < 1.29 is 9.59 Å². The summed E-state index contributed by atoms with van der Waals surface area (Å²) in [6.07, 6.45) is 2.66. The van der Waals surface area contributed by atoms with Gasteiger partial charge in [0.1, 0.15) is 5.69 Å². The van der Waals surface area contributed by atoms with Crippen LogP contribution in [0.5, 0.6) is 0 Å². The number of pyridine rings is 1. The van der Waals surface area contributed by atoms with Crippen LogP contribution in [0.2, 0.25) is 0 Å². The smallest absolute Gasteiger partial charge is 0.267 e. The highest BCUT2D eigenvalue weighted by Gasteiger charge is 2.48. The molecule has 1 saturated carbocycles. The van der Waals surface area contributed by atoms with Crippen molar-refractivity contribution in [1.82, 2.24) is 10.3 Å². The normalized spacial score (nSPS) is 20.9. The van der Waals surface area contributed by atoms with E-state index in [0.717, 1.165) is 18.4 Å². The molecule has 5 heteroatoms. The number of aryl methyl sites for hydroxylation is 1. The molecule has 3 rings (SSSR count). The van der Waals surface area contributed by atoms with Crippen molar-refractivity contribution in [1.29, 1.82) is 0 Å². The van der Waals surface area contributed by atoms with E-state index in [1.807, 2.05) is 31.2 Å². The van der Waals surface area contributed by atoms with Gasteiger partial charge in [-0.15, -0.1) is 0 Å². The molecule has 2 atom stereocenters. The summed E-state index contributed by atoms with van der Waals surface area (Å²) in [4.78, 5) is 28.8. The van der Waals surface area contributed by atoms with E-state index in [4.69, 9.17) is 5.73 Å². The van der Waals surface area contributed by atoms with Gasteiger partial charge in [0.2, 0.25) is 0 Å². The monoisotopic (exact) mass is 365 g/mol. The Morgan fingerprint density at radius 1 is 1.07 bits per heavy atom. The third-order valence-electron chi connectivity index (χ3n) is 5.47. The number of carbonyl (C=O) groups excluding carboxylic acids is 2. The van der Waals surface area contributed by atoms with Gasteiger partial charge in [0.05, 0.1) is 0 Å². The number of carbonyl (C=O) groups is 2. The Kier molecular flexibility index (Phi) is 5.59. The summed E-state index contributed by atoms with van der Waals surface area (Å²) in [5.41, 5.74) is 8.91. The first-order valence-electron chi connectivity index (χ1n) is 9.60. The number of nitrogens with one attached hydrogen (secondary N) is 1. The average molecular weight is 365 g/mol. The van der Waals surface area contributed by atoms with Crippen molar-refractivity contribution in [3.8, 4) is 0 Å². The van der Waals surface area contributed by atoms with Crippen LogP contribution in [0.25, 0.3) is 0 Å². The summed E-state index contributed by atoms with van der Waals surface area (Å²) < 4.78 is 0. The third-order valence-corrected chi connectivity index (χ3v) is 5.47. The minimum absolute atomic E-state index is 0.125. The van der Waals surface area contributed by atoms with Crippen LogP contribution >= 0.6 is 0 Å². The van der Waals surface area contributed by atoms with Crippen LogP contribution in [0.15, 0.2) is 36.4 Å². The minimum Gasteiger partial charge on any atom is -0.364 e. The number of benzene rings is 1. The van der Waals surface area contributed by atoms with Crippen LogP contribution in [0.3, 0.4) is 0 Å². The predicted molar refractivity (Wildman–Crippen MR) is 106 cm³/mol. The highest BCUT2D eigenvalue weighted by Crippen LogP contribution is 2.43. The van der Waals surface area contributed by atoms with Crippen LogP contribution in [0.1, 0.15) is 64.4 Å². The van der Waals surface area contributed by atoms with E-state index in [2.05, 4.69) is 24.1 Å². The fraction of sp³-hybridized carbons (Fsp3) is 0.409. The Balaban J connectivity index is 1.82. The van der Waals surface area contributed by atoms with E-state index >= 15 is 0 Å². The van der Waals surface area contributed by atoms with Gasteiger partial charge in [-0.25, -0.2) is 4.98 Å². The number of primary amides is 1. The molecule has 1 fully saturated rings. The van der Waals surface area contributed by atoms with Crippen molar-refractivity contribution in [3.05, 3.63) is 64.5 Å². The van der Waals surface area contributed by atoms with Crippen LogP contribution in [-0.4, -0.2) is 22.8 Å². The van der Waals surface area contributed by atoms with Crippen molar-refractivity contribution >= 4 is 11.8 Å². The van der Waals surface area contributed by atoms with Gasteiger partial charge in [0.25, 0.3) is 11.8 Å². The maximum Gasteiger partial charge on any atom is 0.267 e. The molecule has 0 bridgehead atoms. The van der Waals surface area contributed by atoms with E-state index in [9.17, 15) is 9.59 Å². The van der Waals surface area contributed by atoms with Gasteiger partial charge in [-0.1, -0.05) is 56.5 Å². The highest BCUT2D eigenvalue weighted by atomic mass is 16.2. The molecule has 1 aromatic heterocycles. The number of aromatic nitrogens is 1. The zero-order valence-electron chi connectivity index (χ0n) is 16.2. The number of hydrogen-bond donors (Lipinski definition) is 2. The predicted octanol–water partition coefficient (Wildman–Crippen LogP) is 3.24. The van der Waals surface area contributed by atoms with E-state index in [0.29, 0.717) is 29.5 Å². The molecule has 5 nitrogen and oxygen atoms in total. The molecule has 0 saturated heterocycles. The molecule has 2 unspecified atom stereocenters. The SMILES string of the molecule is CCC1C(CC)C1NC(=O)c1cc(Cc2ccc(C)cc2)nc(C(N)=O)c1. The fourth-order valence-corrected chi connectivity index (χ4v) is 3.86. The van der Waals surface area contributed by atoms with Crippen LogP contribution < -0.4 is 11.1 Å². The summed E-state index contributed by atoms with van der Waals surface area (Å²) in [5.74, 6) is 0.301. The van der Waals surface area contributed by atoms with Crippen molar-refractivity contribution in [3.63, 3.8) is 0 Å². The molecule has 2 aromatic rings. The Labute approximate surface area is 160 Å². The zero-order valence-corrected chi connectivity index (χ0v) is 16.2. The summed E-state index contributed by atoms with van der Waals surface area (Å²) in [7, 11) is 0. The lowest BCUT2D eigenvalue weighted by Gasteiger charge is -2.09. The second kappa shape index (κ2) is 7.91. The molecular formula is C22H27N3O2. The Bertz CT molecular complexity index is 835. The van der Waals surface area contributed by atoms with Crippen molar-refractivity contribution in [2.45, 2.75) is 46.1 Å². The van der Waals surface area contributed by atoms with Crippen LogP contribution in [0, 0.1) is 18.8 Å². The van der Waals surface area contributed by atoms with Gasteiger partial charge in [-0.2, -0.15) is 0 Å². The molecule has 1 heterocycles. The summed E-state index contributed by atoms with van der Waals surface area (Å²) in [5, 5.41) is 3.12.